The summed E-state index contributed by atoms with van der Waals surface area (Å²) >= 11 is 0. The molecular formula is C16H19NO4. The molecule has 1 amide bonds. The molecule has 2 aliphatic rings. The van der Waals surface area contributed by atoms with E-state index in [1.54, 1.807) is 12.1 Å². The molecule has 0 bridgehead atoms. The van der Waals surface area contributed by atoms with E-state index in [0.29, 0.717) is 31.4 Å². The van der Waals surface area contributed by atoms with Gasteiger partial charge >= 0.3 is 5.97 Å². The van der Waals surface area contributed by atoms with Crippen molar-refractivity contribution in [3.63, 3.8) is 0 Å². The third-order valence-corrected chi connectivity index (χ3v) is 4.45. The molecule has 112 valence electrons. The Kier molecular flexibility index (Phi) is 3.68. The highest BCUT2D eigenvalue weighted by Gasteiger charge is 2.51. The first kappa shape index (κ1) is 14.1. The molecule has 1 spiro atoms. The van der Waals surface area contributed by atoms with Gasteiger partial charge in [-0.3, -0.25) is 9.59 Å². The predicted molar refractivity (Wildman–Crippen MR) is 76.0 cm³/mol. The van der Waals surface area contributed by atoms with Gasteiger partial charge in [-0.05, 0) is 37.8 Å². The third-order valence-electron chi connectivity index (χ3n) is 4.45. The molecule has 1 aliphatic carbocycles. The fourth-order valence-electron chi connectivity index (χ4n) is 3.31. The first-order valence-electron chi connectivity index (χ1n) is 7.31. The maximum atomic E-state index is 12.2. The SMILES string of the molecule is O=C(NC1CCOC2(C1)CC(C(=O)O)C2)c1ccccc1. The van der Waals surface area contributed by atoms with E-state index in [-0.39, 0.29) is 23.5 Å². The van der Waals surface area contributed by atoms with Gasteiger partial charge in [0.15, 0.2) is 0 Å². The number of rotatable bonds is 3. The number of carboxylic acid groups (broad SMARTS) is 1. The molecule has 2 fully saturated rings. The lowest BCUT2D eigenvalue weighted by molar-refractivity contribution is -0.181. The van der Waals surface area contributed by atoms with Crippen LogP contribution in [-0.2, 0) is 9.53 Å². The Labute approximate surface area is 123 Å². The molecule has 1 heterocycles. The van der Waals surface area contributed by atoms with E-state index in [1.807, 2.05) is 18.2 Å². The van der Waals surface area contributed by atoms with Crippen LogP contribution in [0.15, 0.2) is 30.3 Å². The number of aliphatic carboxylic acids is 1. The van der Waals surface area contributed by atoms with E-state index in [4.69, 9.17) is 9.84 Å². The van der Waals surface area contributed by atoms with E-state index in [0.717, 1.165) is 6.42 Å². The molecule has 21 heavy (non-hydrogen) atoms. The molecule has 1 unspecified atom stereocenters. The first-order chi connectivity index (χ1) is 10.1. The summed E-state index contributed by atoms with van der Waals surface area (Å²) in [7, 11) is 0. The molecule has 2 N–H and O–H groups in total. The standard InChI is InChI=1S/C16H19NO4/c18-14(11-4-2-1-3-5-11)17-13-6-7-21-16(10-13)8-12(9-16)15(19)20/h1-5,12-13H,6-10H2,(H,17,18)(H,19,20). The van der Waals surface area contributed by atoms with E-state index < -0.39 is 5.97 Å². The van der Waals surface area contributed by atoms with Gasteiger partial charge in [-0.15, -0.1) is 0 Å². The van der Waals surface area contributed by atoms with Crippen molar-refractivity contribution >= 4 is 11.9 Å². The molecule has 1 aromatic carbocycles. The summed E-state index contributed by atoms with van der Waals surface area (Å²) < 4.78 is 5.78. The van der Waals surface area contributed by atoms with Crippen LogP contribution in [-0.4, -0.2) is 35.2 Å². The minimum atomic E-state index is -0.750. The monoisotopic (exact) mass is 289 g/mol. The fourth-order valence-corrected chi connectivity index (χ4v) is 3.31. The highest BCUT2D eigenvalue weighted by Crippen LogP contribution is 2.46. The average Bonchev–Trinajstić information content (AvgIpc) is 2.45. The number of hydrogen-bond acceptors (Lipinski definition) is 3. The minimum Gasteiger partial charge on any atom is -0.481 e. The Balaban J connectivity index is 1.58. The number of carbonyl (C=O) groups is 2. The molecule has 5 heteroatoms. The molecule has 0 radical (unpaired) electrons. The second-order valence-electron chi connectivity index (χ2n) is 6.00. The van der Waals surface area contributed by atoms with Crippen LogP contribution in [0.1, 0.15) is 36.0 Å². The maximum absolute atomic E-state index is 12.2. The van der Waals surface area contributed by atoms with Crippen LogP contribution in [0, 0.1) is 5.92 Å². The second kappa shape index (κ2) is 5.48. The van der Waals surface area contributed by atoms with Crippen LogP contribution in [0.2, 0.25) is 0 Å². The number of carbonyl (C=O) groups excluding carboxylic acids is 1. The topological polar surface area (TPSA) is 75.6 Å². The molecule has 1 saturated heterocycles. The molecule has 1 saturated carbocycles. The molecule has 3 rings (SSSR count). The lowest BCUT2D eigenvalue weighted by atomic mass is 9.66. The molecule has 1 atom stereocenters. The molecule has 0 aromatic heterocycles. The van der Waals surface area contributed by atoms with Gasteiger partial charge in [0.2, 0.25) is 0 Å². The number of hydrogen-bond donors (Lipinski definition) is 2. The van der Waals surface area contributed by atoms with Gasteiger partial charge < -0.3 is 15.2 Å². The summed E-state index contributed by atoms with van der Waals surface area (Å²) in [6.45, 7) is 0.575. The minimum absolute atomic E-state index is 0.0567. The zero-order chi connectivity index (χ0) is 14.9. The smallest absolute Gasteiger partial charge is 0.306 e. The quantitative estimate of drug-likeness (QED) is 0.890. The van der Waals surface area contributed by atoms with Crippen LogP contribution in [0.3, 0.4) is 0 Å². The summed E-state index contributed by atoms with van der Waals surface area (Å²) in [4.78, 5) is 23.1. The summed E-state index contributed by atoms with van der Waals surface area (Å²) in [5.41, 5.74) is 0.311. The first-order valence-corrected chi connectivity index (χ1v) is 7.31. The van der Waals surface area contributed by atoms with Crippen molar-refractivity contribution in [2.75, 3.05) is 6.61 Å². The number of carboxylic acids is 1. The van der Waals surface area contributed by atoms with E-state index in [9.17, 15) is 9.59 Å². The van der Waals surface area contributed by atoms with Crippen LogP contribution in [0.25, 0.3) is 0 Å². The fraction of sp³-hybridized carbons (Fsp3) is 0.500. The van der Waals surface area contributed by atoms with Crippen molar-refractivity contribution in [3.05, 3.63) is 35.9 Å². The summed E-state index contributed by atoms with van der Waals surface area (Å²) in [6.07, 6.45) is 2.59. The highest BCUT2D eigenvalue weighted by molar-refractivity contribution is 5.94. The third kappa shape index (κ3) is 2.93. The van der Waals surface area contributed by atoms with Crippen molar-refractivity contribution in [2.45, 2.75) is 37.3 Å². The van der Waals surface area contributed by atoms with Crippen molar-refractivity contribution in [3.8, 4) is 0 Å². The van der Waals surface area contributed by atoms with E-state index in [1.165, 1.54) is 0 Å². The number of amides is 1. The Morgan fingerprint density at radius 2 is 1.90 bits per heavy atom. The Bertz CT molecular complexity index is 536. The molecule has 5 nitrogen and oxygen atoms in total. The second-order valence-corrected chi connectivity index (χ2v) is 6.00. The molecule has 1 aliphatic heterocycles. The largest absolute Gasteiger partial charge is 0.481 e. The number of nitrogens with one attached hydrogen (secondary N) is 1. The zero-order valence-corrected chi connectivity index (χ0v) is 11.7. The average molecular weight is 289 g/mol. The van der Waals surface area contributed by atoms with Gasteiger partial charge in [-0.2, -0.15) is 0 Å². The van der Waals surface area contributed by atoms with Crippen molar-refractivity contribution in [1.82, 2.24) is 5.32 Å². The van der Waals surface area contributed by atoms with Crippen molar-refractivity contribution < 1.29 is 19.4 Å². The van der Waals surface area contributed by atoms with Crippen molar-refractivity contribution in [1.29, 1.82) is 0 Å². The zero-order valence-electron chi connectivity index (χ0n) is 11.7. The molecular weight excluding hydrogens is 270 g/mol. The van der Waals surface area contributed by atoms with Crippen LogP contribution in [0.5, 0.6) is 0 Å². The van der Waals surface area contributed by atoms with Gasteiger partial charge in [-0.25, -0.2) is 0 Å². The Morgan fingerprint density at radius 3 is 2.57 bits per heavy atom. The Morgan fingerprint density at radius 1 is 1.19 bits per heavy atom. The number of benzene rings is 1. The Hall–Kier alpha value is -1.88. The summed E-state index contributed by atoms with van der Waals surface area (Å²) in [6, 6.07) is 9.18. The van der Waals surface area contributed by atoms with Crippen LogP contribution < -0.4 is 5.32 Å². The van der Waals surface area contributed by atoms with Crippen LogP contribution >= 0.6 is 0 Å². The van der Waals surface area contributed by atoms with E-state index in [2.05, 4.69) is 5.32 Å². The van der Waals surface area contributed by atoms with Crippen molar-refractivity contribution in [2.24, 2.45) is 5.92 Å². The van der Waals surface area contributed by atoms with Gasteiger partial charge in [0.1, 0.15) is 0 Å². The normalized spacial score (nSPS) is 31.4. The van der Waals surface area contributed by atoms with Gasteiger partial charge in [0, 0.05) is 18.2 Å². The highest BCUT2D eigenvalue weighted by atomic mass is 16.5. The molecule has 1 aromatic rings. The summed E-state index contributed by atoms with van der Waals surface area (Å²) in [5.74, 6) is -1.12. The summed E-state index contributed by atoms with van der Waals surface area (Å²) in [5, 5.41) is 12.0. The predicted octanol–water partition coefficient (Wildman–Crippen LogP) is 1.83. The lowest BCUT2D eigenvalue weighted by Gasteiger charge is -2.50. The van der Waals surface area contributed by atoms with Gasteiger partial charge in [-0.1, -0.05) is 18.2 Å². The number of ether oxygens (including phenoxy) is 1. The maximum Gasteiger partial charge on any atom is 0.306 e. The van der Waals surface area contributed by atoms with Crippen LogP contribution in [0.4, 0.5) is 0 Å². The van der Waals surface area contributed by atoms with Gasteiger partial charge in [0.25, 0.3) is 5.91 Å². The van der Waals surface area contributed by atoms with Gasteiger partial charge in [0.05, 0.1) is 11.5 Å². The lowest BCUT2D eigenvalue weighted by Crippen LogP contribution is -2.56. The van der Waals surface area contributed by atoms with E-state index >= 15 is 0 Å².